The Bertz CT molecular complexity index is 244. The molecule has 0 atom stereocenters. The van der Waals surface area contributed by atoms with Crippen LogP contribution in [0.3, 0.4) is 0 Å². The van der Waals surface area contributed by atoms with Gasteiger partial charge in [0.15, 0.2) is 0 Å². The highest BCUT2D eigenvalue weighted by molar-refractivity contribution is 5.36. The fraction of sp³-hybridized carbons (Fsp3) is 0.500. The molecule has 0 fully saturated rings. The Balaban J connectivity index is 2.58. The second kappa shape index (κ2) is 4.23. The number of rotatable bonds is 4. The number of nitrogens with zero attached hydrogens (tertiary/aromatic N) is 1. The number of hydrogen-bond donors (Lipinski definition) is 2. The summed E-state index contributed by atoms with van der Waals surface area (Å²) in [5, 5.41) is 6.48. The molecular weight excluding hydrogens is 162 g/mol. The summed E-state index contributed by atoms with van der Waals surface area (Å²) < 4.78 is 0. The minimum Gasteiger partial charge on any atom is -0.364 e. The van der Waals surface area contributed by atoms with Gasteiger partial charge in [0.1, 0.15) is 5.82 Å². The zero-order valence-corrected chi connectivity index (χ0v) is 8.46. The van der Waals surface area contributed by atoms with Gasteiger partial charge in [-0.05, 0) is 33.0 Å². The fourth-order valence-corrected chi connectivity index (χ4v) is 1.27. The van der Waals surface area contributed by atoms with Crippen LogP contribution in [-0.4, -0.2) is 24.1 Å². The van der Waals surface area contributed by atoms with Crippen LogP contribution in [-0.2, 0) is 0 Å². The van der Waals surface area contributed by atoms with Crippen molar-refractivity contribution in [1.82, 2.24) is 10.3 Å². The van der Waals surface area contributed by atoms with Crippen molar-refractivity contribution < 1.29 is 0 Å². The first kappa shape index (κ1) is 9.99. The molecule has 0 aromatic carbocycles. The Kier molecular flexibility index (Phi) is 3.25. The van der Waals surface area contributed by atoms with Gasteiger partial charge in [-0.3, -0.25) is 0 Å². The van der Waals surface area contributed by atoms with Crippen LogP contribution in [0.2, 0.25) is 0 Å². The minimum atomic E-state index is 0.0309. The Morgan fingerprint density at radius 2 is 2.15 bits per heavy atom. The number of hydrogen-bond acceptors (Lipinski definition) is 3. The van der Waals surface area contributed by atoms with E-state index in [1.807, 2.05) is 25.2 Å². The normalized spacial score (nSPS) is 11.3. The van der Waals surface area contributed by atoms with E-state index in [-0.39, 0.29) is 5.54 Å². The van der Waals surface area contributed by atoms with Crippen LogP contribution in [0.1, 0.15) is 13.8 Å². The van der Waals surface area contributed by atoms with E-state index in [1.54, 1.807) is 6.20 Å². The maximum atomic E-state index is 4.21. The van der Waals surface area contributed by atoms with Crippen molar-refractivity contribution in [2.75, 3.05) is 18.9 Å². The van der Waals surface area contributed by atoms with Crippen LogP contribution in [0.5, 0.6) is 0 Å². The van der Waals surface area contributed by atoms with E-state index in [0.717, 1.165) is 12.4 Å². The number of nitrogens with one attached hydrogen (secondary N) is 2. The SMILES string of the molecule is CNCC(C)(C)Nc1ccccn1. The zero-order chi connectivity index (χ0) is 9.73. The number of pyridine rings is 1. The lowest BCUT2D eigenvalue weighted by molar-refractivity contribution is 0.528. The molecule has 1 aromatic rings. The molecule has 1 rings (SSSR count). The third-order valence-electron chi connectivity index (χ3n) is 1.75. The maximum absolute atomic E-state index is 4.21. The maximum Gasteiger partial charge on any atom is 0.126 e. The summed E-state index contributed by atoms with van der Waals surface area (Å²) in [6, 6.07) is 5.86. The average Bonchev–Trinajstić information content (AvgIpc) is 2.04. The molecule has 1 aromatic heterocycles. The van der Waals surface area contributed by atoms with Crippen LogP contribution >= 0.6 is 0 Å². The number of anilines is 1. The Morgan fingerprint density at radius 1 is 1.38 bits per heavy atom. The second-order valence-electron chi connectivity index (χ2n) is 3.75. The molecule has 2 N–H and O–H groups in total. The summed E-state index contributed by atoms with van der Waals surface area (Å²) in [5.74, 6) is 0.919. The van der Waals surface area contributed by atoms with E-state index in [0.29, 0.717) is 0 Å². The Morgan fingerprint density at radius 3 is 2.69 bits per heavy atom. The molecule has 0 spiro atoms. The number of aromatic nitrogens is 1. The standard InChI is InChI=1S/C10H17N3/c1-10(2,8-11-3)13-9-6-4-5-7-12-9/h4-7,11H,8H2,1-3H3,(H,12,13). The molecule has 0 radical (unpaired) electrons. The van der Waals surface area contributed by atoms with E-state index in [9.17, 15) is 0 Å². The molecule has 0 aliphatic rings. The summed E-state index contributed by atoms with van der Waals surface area (Å²) in [5.41, 5.74) is 0.0309. The van der Waals surface area contributed by atoms with Gasteiger partial charge in [-0.1, -0.05) is 6.07 Å². The first-order valence-electron chi connectivity index (χ1n) is 4.48. The summed E-state index contributed by atoms with van der Waals surface area (Å²) in [6.45, 7) is 5.18. The van der Waals surface area contributed by atoms with Crippen molar-refractivity contribution >= 4 is 5.82 Å². The lowest BCUT2D eigenvalue weighted by atomic mass is 10.1. The van der Waals surface area contributed by atoms with Gasteiger partial charge in [0, 0.05) is 18.3 Å². The molecule has 13 heavy (non-hydrogen) atoms. The quantitative estimate of drug-likeness (QED) is 0.735. The molecule has 0 saturated carbocycles. The third kappa shape index (κ3) is 3.42. The van der Waals surface area contributed by atoms with E-state index in [4.69, 9.17) is 0 Å². The van der Waals surface area contributed by atoms with Gasteiger partial charge in [-0.2, -0.15) is 0 Å². The molecule has 0 saturated heterocycles. The summed E-state index contributed by atoms with van der Waals surface area (Å²) >= 11 is 0. The van der Waals surface area contributed by atoms with Gasteiger partial charge in [0.2, 0.25) is 0 Å². The lowest BCUT2D eigenvalue weighted by Gasteiger charge is -2.26. The molecule has 3 heteroatoms. The van der Waals surface area contributed by atoms with Crippen LogP contribution in [0.25, 0.3) is 0 Å². The number of likely N-dealkylation sites (N-methyl/N-ethyl adjacent to an activating group) is 1. The van der Waals surface area contributed by atoms with Gasteiger partial charge in [-0.15, -0.1) is 0 Å². The van der Waals surface area contributed by atoms with Crippen LogP contribution in [0.15, 0.2) is 24.4 Å². The average molecular weight is 179 g/mol. The van der Waals surface area contributed by atoms with Gasteiger partial charge in [0.25, 0.3) is 0 Å². The minimum absolute atomic E-state index is 0.0309. The lowest BCUT2D eigenvalue weighted by Crippen LogP contribution is -2.40. The van der Waals surface area contributed by atoms with Crippen molar-refractivity contribution in [1.29, 1.82) is 0 Å². The molecular formula is C10H17N3. The van der Waals surface area contributed by atoms with Crippen molar-refractivity contribution in [3.8, 4) is 0 Å². The Labute approximate surface area is 79.6 Å². The molecule has 72 valence electrons. The van der Waals surface area contributed by atoms with E-state index >= 15 is 0 Å². The molecule has 1 heterocycles. The van der Waals surface area contributed by atoms with Crippen LogP contribution in [0.4, 0.5) is 5.82 Å². The smallest absolute Gasteiger partial charge is 0.126 e. The van der Waals surface area contributed by atoms with Crippen molar-refractivity contribution in [2.45, 2.75) is 19.4 Å². The van der Waals surface area contributed by atoms with Gasteiger partial charge >= 0.3 is 0 Å². The van der Waals surface area contributed by atoms with Crippen LogP contribution in [0, 0.1) is 0 Å². The summed E-state index contributed by atoms with van der Waals surface area (Å²) in [7, 11) is 1.95. The first-order chi connectivity index (χ1) is 6.14. The summed E-state index contributed by atoms with van der Waals surface area (Å²) in [6.07, 6.45) is 1.79. The van der Waals surface area contributed by atoms with Gasteiger partial charge in [-0.25, -0.2) is 4.98 Å². The monoisotopic (exact) mass is 179 g/mol. The Hall–Kier alpha value is -1.09. The predicted molar refractivity (Wildman–Crippen MR) is 55.9 cm³/mol. The van der Waals surface area contributed by atoms with E-state index in [1.165, 1.54) is 0 Å². The topological polar surface area (TPSA) is 37.0 Å². The van der Waals surface area contributed by atoms with Crippen LogP contribution < -0.4 is 10.6 Å². The van der Waals surface area contributed by atoms with E-state index in [2.05, 4.69) is 29.5 Å². The highest BCUT2D eigenvalue weighted by Gasteiger charge is 2.15. The summed E-state index contributed by atoms with van der Waals surface area (Å²) in [4.78, 5) is 4.21. The highest BCUT2D eigenvalue weighted by atomic mass is 15.1. The largest absolute Gasteiger partial charge is 0.364 e. The molecule has 0 aliphatic heterocycles. The fourth-order valence-electron chi connectivity index (χ4n) is 1.27. The predicted octanol–water partition coefficient (Wildman–Crippen LogP) is 1.49. The zero-order valence-electron chi connectivity index (χ0n) is 8.46. The first-order valence-corrected chi connectivity index (χ1v) is 4.48. The molecule has 0 aliphatic carbocycles. The molecule has 0 amide bonds. The highest BCUT2D eigenvalue weighted by Crippen LogP contribution is 2.10. The molecule has 0 bridgehead atoms. The second-order valence-corrected chi connectivity index (χ2v) is 3.75. The van der Waals surface area contributed by atoms with Crippen molar-refractivity contribution in [3.05, 3.63) is 24.4 Å². The molecule has 0 unspecified atom stereocenters. The van der Waals surface area contributed by atoms with E-state index < -0.39 is 0 Å². The van der Waals surface area contributed by atoms with Crippen molar-refractivity contribution in [3.63, 3.8) is 0 Å². The van der Waals surface area contributed by atoms with Gasteiger partial charge in [0.05, 0.1) is 0 Å². The third-order valence-corrected chi connectivity index (χ3v) is 1.75. The van der Waals surface area contributed by atoms with Crippen molar-refractivity contribution in [2.24, 2.45) is 0 Å². The molecule has 3 nitrogen and oxygen atoms in total. The van der Waals surface area contributed by atoms with Gasteiger partial charge < -0.3 is 10.6 Å².